The second kappa shape index (κ2) is 5.29. The maximum absolute atomic E-state index is 6.23. The van der Waals surface area contributed by atoms with Crippen LogP contribution >= 0.6 is 11.3 Å². The van der Waals surface area contributed by atoms with Crippen molar-refractivity contribution in [3.8, 4) is 0 Å². The lowest BCUT2D eigenvalue weighted by Crippen LogP contribution is -2.59. The van der Waals surface area contributed by atoms with Gasteiger partial charge < -0.3 is 5.73 Å². The predicted octanol–water partition coefficient (Wildman–Crippen LogP) is 2.16. The number of hydrogen-bond donors (Lipinski definition) is 1. The van der Waals surface area contributed by atoms with Gasteiger partial charge in [0.05, 0.1) is 6.04 Å². The molecule has 2 atom stereocenters. The third kappa shape index (κ3) is 2.77. The van der Waals surface area contributed by atoms with Gasteiger partial charge in [0, 0.05) is 31.2 Å². The van der Waals surface area contributed by atoms with Crippen LogP contribution in [-0.2, 0) is 0 Å². The summed E-state index contributed by atoms with van der Waals surface area (Å²) in [5, 5.41) is 4.38. The van der Waals surface area contributed by atoms with Gasteiger partial charge in [-0.3, -0.25) is 9.80 Å². The van der Waals surface area contributed by atoms with E-state index in [1.165, 1.54) is 5.56 Å². The van der Waals surface area contributed by atoms with Crippen molar-refractivity contribution in [2.24, 2.45) is 5.73 Å². The molecule has 0 bridgehead atoms. The van der Waals surface area contributed by atoms with E-state index in [4.69, 9.17) is 5.73 Å². The highest BCUT2D eigenvalue weighted by Gasteiger charge is 2.35. The summed E-state index contributed by atoms with van der Waals surface area (Å²) in [6.07, 6.45) is 0. The Morgan fingerprint density at radius 3 is 2.61 bits per heavy atom. The molecule has 0 radical (unpaired) electrons. The first-order valence-corrected chi connectivity index (χ1v) is 7.59. The highest BCUT2D eigenvalue weighted by atomic mass is 32.1. The molecule has 3 nitrogen and oxygen atoms in total. The third-order valence-corrected chi connectivity index (χ3v) is 4.82. The fourth-order valence-electron chi connectivity index (χ4n) is 2.81. The Morgan fingerprint density at radius 2 is 2.11 bits per heavy atom. The summed E-state index contributed by atoms with van der Waals surface area (Å²) in [5.41, 5.74) is 7.83. The van der Waals surface area contributed by atoms with Crippen LogP contribution in [0, 0.1) is 0 Å². The standard InChI is InChI=1S/C14H25N3S/c1-11(15)13(12-5-8-18-9-12)17-7-6-16(4)14(2,3)10-17/h5,8-9,11,13H,6-7,10,15H2,1-4H3. The van der Waals surface area contributed by atoms with Gasteiger partial charge in [-0.2, -0.15) is 11.3 Å². The number of thiophene rings is 1. The molecule has 2 unspecified atom stereocenters. The van der Waals surface area contributed by atoms with E-state index >= 15 is 0 Å². The molecule has 1 aliphatic heterocycles. The smallest absolute Gasteiger partial charge is 0.0506 e. The topological polar surface area (TPSA) is 32.5 Å². The fourth-order valence-corrected chi connectivity index (χ4v) is 3.49. The summed E-state index contributed by atoms with van der Waals surface area (Å²) >= 11 is 1.76. The van der Waals surface area contributed by atoms with Crippen LogP contribution in [-0.4, -0.2) is 48.1 Å². The quantitative estimate of drug-likeness (QED) is 0.911. The first-order valence-electron chi connectivity index (χ1n) is 6.65. The molecule has 1 saturated heterocycles. The SMILES string of the molecule is CC(N)C(c1ccsc1)N1CCN(C)C(C)(C)C1. The van der Waals surface area contributed by atoms with E-state index in [1.54, 1.807) is 11.3 Å². The summed E-state index contributed by atoms with van der Waals surface area (Å²) in [7, 11) is 2.21. The molecule has 1 aliphatic rings. The number of hydrogen-bond acceptors (Lipinski definition) is 4. The Hall–Kier alpha value is -0.420. The van der Waals surface area contributed by atoms with Crippen LogP contribution in [0.5, 0.6) is 0 Å². The minimum Gasteiger partial charge on any atom is -0.326 e. The van der Waals surface area contributed by atoms with Gasteiger partial charge in [0.2, 0.25) is 0 Å². The number of nitrogens with zero attached hydrogens (tertiary/aromatic N) is 2. The van der Waals surface area contributed by atoms with Crippen LogP contribution in [0.15, 0.2) is 16.8 Å². The zero-order valence-electron chi connectivity index (χ0n) is 11.9. The van der Waals surface area contributed by atoms with Gasteiger partial charge >= 0.3 is 0 Å². The average molecular weight is 267 g/mol. The fraction of sp³-hybridized carbons (Fsp3) is 0.714. The van der Waals surface area contributed by atoms with Crippen molar-refractivity contribution >= 4 is 11.3 Å². The normalized spacial score (nSPS) is 24.9. The summed E-state index contributed by atoms with van der Waals surface area (Å²) in [5.74, 6) is 0. The third-order valence-electron chi connectivity index (χ3n) is 4.12. The maximum Gasteiger partial charge on any atom is 0.0506 e. The highest BCUT2D eigenvalue weighted by molar-refractivity contribution is 7.07. The lowest BCUT2D eigenvalue weighted by molar-refractivity contribution is 0.0113. The molecule has 2 heterocycles. The monoisotopic (exact) mass is 267 g/mol. The first kappa shape index (κ1) is 14.0. The Bertz CT molecular complexity index is 372. The van der Waals surface area contributed by atoms with Gasteiger partial charge in [0.1, 0.15) is 0 Å². The lowest BCUT2D eigenvalue weighted by atomic mass is 9.94. The van der Waals surface area contributed by atoms with Crippen molar-refractivity contribution in [3.63, 3.8) is 0 Å². The van der Waals surface area contributed by atoms with Gasteiger partial charge in [-0.15, -0.1) is 0 Å². The first-order chi connectivity index (χ1) is 8.42. The van der Waals surface area contributed by atoms with E-state index in [0.29, 0.717) is 6.04 Å². The molecular formula is C14H25N3S. The van der Waals surface area contributed by atoms with Gasteiger partial charge in [-0.1, -0.05) is 0 Å². The van der Waals surface area contributed by atoms with Crippen LogP contribution in [0.4, 0.5) is 0 Å². The summed E-state index contributed by atoms with van der Waals surface area (Å²) < 4.78 is 0. The molecule has 0 spiro atoms. The minimum atomic E-state index is 0.166. The zero-order chi connectivity index (χ0) is 13.3. The van der Waals surface area contributed by atoms with E-state index in [-0.39, 0.29) is 11.6 Å². The van der Waals surface area contributed by atoms with Gasteiger partial charge in [-0.25, -0.2) is 0 Å². The molecular weight excluding hydrogens is 242 g/mol. The van der Waals surface area contributed by atoms with E-state index in [0.717, 1.165) is 19.6 Å². The summed E-state index contributed by atoms with van der Waals surface area (Å²) in [4.78, 5) is 4.99. The second-order valence-electron chi connectivity index (χ2n) is 6.07. The molecule has 1 aromatic rings. The Kier molecular flexibility index (Phi) is 4.11. The molecule has 1 aromatic heterocycles. The van der Waals surface area contributed by atoms with Crippen LogP contribution < -0.4 is 5.73 Å². The molecule has 0 aromatic carbocycles. The minimum absolute atomic E-state index is 0.166. The molecule has 4 heteroatoms. The van der Waals surface area contributed by atoms with E-state index in [9.17, 15) is 0 Å². The number of piperazine rings is 1. The highest BCUT2D eigenvalue weighted by Crippen LogP contribution is 2.30. The van der Waals surface area contributed by atoms with Crippen LogP contribution in [0.3, 0.4) is 0 Å². The largest absolute Gasteiger partial charge is 0.326 e. The number of rotatable bonds is 3. The molecule has 0 aliphatic carbocycles. The van der Waals surface area contributed by atoms with Crippen molar-refractivity contribution in [3.05, 3.63) is 22.4 Å². The Morgan fingerprint density at radius 1 is 1.39 bits per heavy atom. The molecule has 0 saturated carbocycles. The van der Waals surface area contributed by atoms with Crippen LogP contribution in [0.1, 0.15) is 32.4 Å². The molecule has 2 N–H and O–H groups in total. The van der Waals surface area contributed by atoms with Gasteiger partial charge in [0.15, 0.2) is 0 Å². The maximum atomic E-state index is 6.23. The molecule has 18 heavy (non-hydrogen) atoms. The lowest BCUT2D eigenvalue weighted by Gasteiger charge is -2.48. The molecule has 102 valence electrons. The molecule has 2 rings (SSSR count). The van der Waals surface area contributed by atoms with Crippen LogP contribution in [0.25, 0.3) is 0 Å². The van der Waals surface area contributed by atoms with Crippen molar-refractivity contribution in [1.29, 1.82) is 0 Å². The van der Waals surface area contributed by atoms with E-state index in [2.05, 4.69) is 54.4 Å². The predicted molar refractivity (Wildman–Crippen MR) is 79.0 cm³/mol. The molecule has 0 amide bonds. The average Bonchev–Trinajstić information content (AvgIpc) is 2.76. The second-order valence-corrected chi connectivity index (χ2v) is 6.85. The zero-order valence-corrected chi connectivity index (χ0v) is 12.7. The Labute approximate surface area is 115 Å². The van der Waals surface area contributed by atoms with Crippen molar-refractivity contribution in [2.45, 2.75) is 38.4 Å². The summed E-state index contributed by atoms with van der Waals surface area (Å²) in [6.45, 7) is 10.0. The van der Waals surface area contributed by atoms with Crippen LogP contribution in [0.2, 0.25) is 0 Å². The van der Waals surface area contributed by atoms with Gasteiger partial charge in [0.25, 0.3) is 0 Å². The molecule has 1 fully saturated rings. The van der Waals surface area contributed by atoms with Crippen molar-refractivity contribution < 1.29 is 0 Å². The number of likely N-dealkylation sites (N-methyl/N-ethyl adjacent to an activating group) is 1. The number of nitrogens with two attached hydrogens (primary N) is 1. The van der Waals surface area contributed by atoms with Crippen molar-refractivity contribution in [2.75, 3.05) is 26.7 Å². The van der Waals surface area contributed by atoms with E-state index < -0.39 is 0 Å². The Balaban J connectivity index is 2.18. The summed E-state index contributed by atoms with van der Waals surface area (Å²) in [6, 6.07) is 2.73. The van der Waals surface area contributed by atoms with Gasteiger partial charge in [-0.05, 0) is 50.2 Å². The van der Waals surface area contributed by atoms with E-state index in [1.807, 2.05) is 0 Å². The van der Waals surface area contributed by atoms with Crippen molar-refractivity contribution in [1.82, 2.24) is 9.80 Å².